The fourth-order valence-corrected chi connectivity index (χ4v) is 2.36. The fraction of sp³-hybridized carbons (Fsp3) is 0.900. The first-order valence-corrected chi connectivity index (χ1v) is 8.47. The molecule has 3 nitrogen and oxygen atoms in total. The molecule has 0 fully saturated rings. The van der Waals surface area contributed by atoms with Gasteiger partial charge in [-0.25, -0.2) is 0 Å². The van der Waals surface area contributed by atoms with E-state index in [-0.39, 0.29) is 12.1 Å². The minimum absolute atomic E-state index is 0.0574. The minimum atomic E-state index is -1.59. The highest BCUT2D eigenvalue weighted by Gasteiger charge is 2.27. The lowest BCUT2D eigenvalue weighted by Gasteiger charge is -2.35. The summed E-state index contributed by atoms with van der Waals surface area (Å²) in [6, 6.07) is 0. The van der Waals surface area contributed by atoms with Crippen molar-refractivity contribution in [1.29, 1.82) is 0 Å². The molecule has 14 heavy (non-hydrogen) atoms. The van der Waals surface area contributed by atoms with Crippen LogP contribution in [0.4, 0.5) is 0 Å². The van der Waals surface area contributed by atoms with Crippen molar-refractivity contribution in [1.82, 2.24) is 4.90 Å². The summed E-state index contributed by atoms with van der Waals surface area (Å²) in [6.45, 7) is 12.1. The van der Waals surface area contributed by atoms with Crippen molar-refractivity contribution in [3.05, 3.63) is 0 Å². The third-order valence-electron chi connectivity index (χ3n) is 1.92. The minimum Gasteiger partial charge on any atom is -0.398 e. The monoisotopic (exact) mass is 217 g/mol. The van der Waals surface area contributed by atoms with Crippen molar-refractivity contribution in [2.24, 2.45) is 5.92 Å². The van der Waals surface area contributed by atoms with Gasteiger partial charge in [0.25, 0.3) is 0 Å². The van der Waals surface area contributed by atoms with Gasteiger partial charge in [-0.15, -0.1) is 0 Å². The van der Waals surface area contributed by atoms with Crippen LogP contribution in [0.25, 0.3) is 0 Å². The zero-order valence-electron chi connectivity index (χ0n) is 10.4. The van der Waals surface area contributed by atoms with Crippen LogP contribution in [-0.2, 0) is 9.22 Å². The molecule has 0 spiro atoms. The Morgan fingerprint density at radius 1 is 1.29 bits per heavy atom. The Balaban J connectivity index is 4.53. The average molecular weight is 217 g/mol. The summed E-state index contributed by atoms with van der Waals surface area (Å²) in [7, 11) is 0.213. The van der Waals surface area contributed by atoms with Crippen molar-refractivity contribution in [3.63, 3.8) is 0 Å². The molecule has 0 aromatic carbocycles. The summed E-state index contributed by atoms with van der Waals surface area (Å²) in [4.78, 5) is 12.9. The van der Waals surface area contributed by atoms with Gasteiger partial charge in [0.05, 0.1) is 0 Å². The van der Waals surface area contributed by atoms with Crippen molar-refractivity contribution in [2.45, 2.75) is 46.6 Å². The van der Waals surface area contributed by atoms with E-state index in [1.807, 2.05) is 0 Å². The van der Waals surface area contributed by atoms with Gasteiger partial charge in [0.2, 0.25) is 5.91 Å². The molecule has 1 atom stereocenters. The van der Waals surface area contributed by atoms with Crippen LogP contribution in [0.15, 0.2) is 0 Å². The maximum atomic E-state index is 11.2. The summed E-state index contributed by atoms with van der Waals surface area (Å²) in [5, 5.41) is 0. The molecule has 0 aromatic heterocycles. The van der Waals surface area contributed by atoms with E-state index in [0.29, 0.717) is 5.92 Å². The molecule has 0 heterocycles. The van der Waals surface area contributed by atoms with E-state index in [1.165, 1.54) is 0 Å². The lowest BCUT2D eigenvalue weighted by Crippen LogP contribution is -2.46. The first-order chi connectivity index (χ1) is 6.15. The quantitative estimate of drug-likeness (QED) is 0.534. The maximum absolute atomic E-state index is 11.2. The highest BCUT2D eigenvalue weighted by atomic mass is 28.4. The predicted molar refractivity (Wildman–Crippen MR) is 61.5 cm³/mol. The van der Waals surface area contributed by atoms with Crippen LogP contribution in [0.1, 0.15) is 20.8 Å². The van der Waals surface area contributed by atoms with E-state index >= 15 is 0 Å². The van der Waals surface area contributed by atoms with E-state index in [2.05, 4.69) is 33.5 Å². The van der Waals surface area contributed by atoms with E-state index < -0.39 is 8.32 Å². The summed E-state index contributed by atoms with van der Waals surface area (Å²) in [5.41, 5.74) is 0. The Labute approximate surface area is 88.6 Å². The first-order valence-electron chi connectivity index (χ1n) is 5.06. The Morgan fingerprint density at radius 2 is 1.71 bits per heavy atom. The molecule has 0 radical (unpaired) electrons. The van der Waals surface area contributed by atoms with Crippen LogP contribution in [0.5, 0.6) is 0 Å². The summed E-state index contributed by atoms with van der Waals surface area (Å²) in [5.74, 6) is 0.387. The Kier molecular flexibility index (Phi) is 4.81. The number of nitrogens with zero attached hydrogens (tertiary/aromatic N) is 1. The van der Waals surface area contributed by atoms with Gasteiger partial charge < -0.3 is 9.33 Å². The summed E-state index contributed by atoms with van der Waals surface area (Å²) < 4.78 is 5.97. The van der Waals surface area contributed by atoms with E-state index in [1.54, 1.807) is 18.9 Å². The van der Waals surface area contributed by atoms with Crippen molar-refractivity contribution in [2.75, 3.05) is 7.05 Å². The molecule has 0 aliphatic rings. The Morgan fingerprint density at radius 3 is 1.93 bits per heavy atom. The van der Waals surface area contributed by atoms with Gasteiger partial charge in [-0.2, -0.15) is 0 Å². The second-order valence-electron chi connectivity index (χ2n) is 4.99. The molecule has 0 aliphatic heterocycles. The standard InChI is InChI=1S/C10H23NO2Si/c1-8(2)10(11(4)9(3)12)13-14(5,6)7/h8,10H,1-7H3. The van der Waals surface area contributed by atoms with E-state index in [0.717, 1.165) is 0 Å². The fourth-order valence-electron chi connectivity index (χ4n) is 1.20. The molecule has 0 bridgehead atoms. The number of hydrogen-bond acceptors (Lipinski definition) is 2. The van der Waals surface area contributed by atoms with Crippen LogP contribution in [0.3, 0.4) is 0 Å². The molecule has 1 amide bonds. The normalized spacial score (nSPS) is 14.3. The van der Waals surface area contributed by atoms with Gasteiger partial charge >= 0.3 is 0 Å². The third-order valence-corrected chi connectivity index (χ3v) is 2.87. The molecule has 1 unspecified atom stereocenters. The SMILES string of the molecule is CC(=O)N(C)C(O[Si](C)(C)C)C(C)C. The molecule has 0 N–H and O–H groups in total. The number of hydrogen-bond donors (Lipinski definition) is 0. The number of amides is 1. The van der Waals surface area contributed by atoms with Crippen molar-refractivity contribution < 1.29 is 9.22 Å². The van der Waals surface area contributed by atoms with E-state index in [4.69, 9.17) is 4.43 Å². The lowest BCUT2D eigenvalue weighted by atomic mass is 10.2. The molecular weight excluding hydrogens is 194 g/mol. The van der Waals surface area contributed by atoms with Crippen LogP contribution in [0, 0.1) is 5.92 Å². The van der Waals surface area contributed by atoms with Gasteiger partial charge in [0, 0.05) is 14.0 Å². The zero-order valence-corrected chi connectivity index (χ0v) is 11.4. The first kappa shape index (κ1) is 13.6. The zero-order chi connectivity index (χ0) is 11.5. The van der Waals surface area contributed by atoms with Gasteiger partial charge in [0.15, 0.2) is 8.32 Å². The average Bonchev–Trinajstić information content (AvgIpc) is 1.96. The topological polar surface area (TPSA) is 29.5 Å². The highest BCUT2D eigenvalue weighted by molar-refractivity contribution is 6.69. The van der Waals surface area contributed by atoms with Gasteiger partial charge in [-0.1, -0.05) is 13.8 Å². The Hall–Kier alpha value is -0.353. The van der Waals surface area contributed by atoms with E-state index in [9.17, 15) is 4.79 Å². The lowest BCUT2D eigenvalue weighted by molar-refractivity contribution is -0.137. The molecule has 0 aliphatic carbocycles. The van der Waals surface area contributed by atoms with Crippen molar-refractivity contribution in [3.8, 4) is 0 Å². The number of rotatable bonds is 4. The summed E-state index contributed by atoms with van der Waals surface area (Å²) in [6.07, 6.45) is -0.0841. The molecule has 4 heteroatoms. The molecule has 0 saturated heterocycles. The van der Waals surface area contributed by atoms with Gasteiger partial charge in [-0.05, 0) is 25.6 Å². The predicted octanol–water partition coefficient (Wildman–Crippen LogP) is 2.30. The van der Waals surface area contributed by atoms with Crippen LogP contribution < -0.4 is 0 Å². The molecule has 0 aromatic rings. The molecule has 84 valence electrons. The van der Waals surface area contributed by atoms with Crippen LogP contribution >= 0.6 is 0 Å². The molecular formula is C10H23NO2Si. The van der Waals surface area contributed by atoms with Gasteiger partial charge in [-0.3, -0.25) is 4.79 Å². The third kappa shape index (κ3) is 4.76. The van der Waals surface area contributed by atoms with Crippen LogP contribution in [0.2, 0.25) is 19.6 Å². The van der Waals surface area contributed by atoms with Gasteiger partial charge in [0.1, 0.15) is 6.23 Å². The highest BCUT2D eigenvalue weighted by Crippen LogP contribution is 2.16. The molecule has 0 rings (SSSR count). The largest absolute Gasteiger partial charge is 0.398 e. The number of carbonyl (C=O) groups is 1. The van der Waals surface area contributed by atoms with Crippen molar-refractivity contribution >= 4 is 14.2 Å². The smallest absolute Gasteiger partial charge is 0.221 e. The number of carbonyl (C=O) groups excluding carboxylic acids is 1. The summed E-state index contributed by atoms with van der Waals surface area (Å²) >= 11 is 0. The molecule has 0 saturated carbocycles. The second kappa shape index (κ2) is 4.93. The van der Waals surface area contributed by atoms with Crippen LogP contribution in [-0.4, -0.2) is 32.4 Å². The Bertz CT molecular complexity index is 199. The maximum Gasteiger partial charge on any atom is 0.221 e. The second-order valence-corrected chi connectivity index (χ2v) is 9.46.